The summed E-state index contributed by atoms with van der Waals surface area (Å²) in [5, 5.41) is 16.2. The van der Waals surface area contributed by atoms with Crippen LogP contribution in [-0.2, 0) is 4.79 Å². The minimum atomic E-state index is -0.383. The lowest BCUT2D eigenvalue weighted by molar-refractivity contribution is -0.383. The van der Waals surface area contributed by atoms with Crippen molar-refractivity contribution in [2.45, 2.75) is 13.0 Å². The molecule has 1 N–H and O–H groups in total. The third-order valence-electron chi connectivity index (χ3n) is 5.64. The lowest BCUT2D eigenvalue weighted by atomic mass is 10.1. The van der Waals surface area contributed by atoms with Gasteiger partial charge >= 0.3 is 0 Å². The number of hydrogen-bond donors (Lipinski definition) is 1. The first-order valence-electron chi connectivity index (χ1n) is 10.0. The van der Waals surface area contributed by atoms with Crippen LogP contribution < -0.4 is 10.2 Å². The second kappa shape index (κ2) is 8.87. The summed E-state index contributed by atoms with van der Waals surface area (Å²) in [4.78, 5) is 32.0. The van der Waals surface area contributed by atoms with Gasteiger partial charge < -0.3 is 10.2 Å². The van der Waals surface area contributed by atoms with Gasteiger partial charge in [0.2, 0.25) is 5.91 Å². The second-order valence-electron chi connectivity index (χ2n) is 7.48. The zero-order chi connectivity index (χ0) is 22.0. The lowest BCUT2D eigenvalue weighted by Gasteiger charge is -2.38. The van der Waals surface area contributed by atoms with Crippen molar-refractivity contribution >= 4 is 45.3 Å². The number of carbonyl (C=O) groups is 1. The first-order chi connectivity index (χ1) is 14.9. The molecule has 31 heavy (non-hydrogen) atoms. The molecule has 160 valence electrons. The predicted octanol–water partition coefficient (Wildman–Crippen LogP) is 3.95. The summed E-state index contributed by atoms with van der Waals surface area (Å²) >= 11 is 5.99. The molecular weight excluding hydrogens is 418 g/mol. The Balaban J connectivity index is 1.45. The van der Waals surface area contributed by atoms with Crippen molar-refractivity contribution in [1.29, 1.82) is 0 Å². The number of pyridine rings is 1. The average molecular weight is 440 g/mol. The topological polar surface area (TPSA) is 91.6 Å². The van der Waals surface area contributed by atoms with Gasteiger partial charge in [0.25, 0.3) is 5.69 Å². The largest absolute Gasteiger partial charge is 0.368 e. The zero-order valence-electron chi connectivity index (χ0n) is 17.0. The number of carbonyl (C=O) groups excluding carboxylic acids is 1. The summed E-state index contributed by atoms with van der Waals surface area (Å²) in [6, 6.07) is 11.9. The molecule has 0 unspecified atom stereocenters. The molecule has 1 aliphatic heterocycles. The Kier molecular flexibility index (Phi) is 6.01. The van der Waals surface area contributed by atoms with Gasteiger partial charge in [-0.05, 0) is 37.3 Å². The number of amides is 1. The molecule has 4 rings (SSSR count). The van der Waals surface area contributed by atoms with Crippen LogP contribution >= 0.6 is 11.6 Å². The molecule has 0 bridgehead atoms. The van der Waals surface area contributed by atoms with Gasteiger partial charge in [-0.1, -0.05) is 17.7 Å². The van der Waals surface area contributed by atoms with Crippen LogP contribution in [0.3, 0.4) is 0 Å². The third-order valence-corrected chi connectivity index (χ3v) is 5.88. The molecule has 8 nitrogen and oxygen atoms in total. The van der Waals surface area contributed by atoms with Gasteiger partial charge in [0, 0.05) is 66.4 Å². The number of rotatable bonds is 5. The maximum Gasteiger partial charge on any atom is 0.278 e. The number of nitro benzene ring substituents is 1. The van der Waals surface area contributed by atoms with E-state index in [9.17, 15) is 14.9 Å². The van der Waals surface area contributed by atoms with Gasteiger partial charge in [0.05, 0.1) is 16.4 Å². The van der Waals surface area contributed by atoms with Crippen molar-refractivity contribution in [2.75, 3.05) is 36.4 Å². The van der Waals surface area contributed by atoms with Crippen molar-refractivity contribution in [1.82, 2.24) is 9.88 Å². The van der Waals surface area contributed by atoms with Gasteiger partial charge in [-0.2, -0.15) is 0 Å². The lowest BCUT2D eigenvalue weighted by Crippen LogP contribution is -2.52. The number of anilines is 2. The summed E-state index contributed by atoms with van der Waals surface area (Å²) in [5.74, 6) is -0.0809. The van der Waals surface area contributed by atoms with Gasteiger partial charge in [0.15, 0.2) is 0 Å². The van der Waals surface area contributed by atoms with Gasteiger partial charge in [-0.15, -0.1) is 0 Å². The molecule has 1 atom stereocenters. The molecule has 9 heteroatoms. The van der Waals surface area contributed by atoms with Gasteiger partial charge in [-0.3, -0.25) is 24.8 Å². The van der Waals surface area contributed by atoms with E-state index in [1.807, 2.05) is 19.1 Å². The van der Waals surface area contributed by atoms with Crippen LogP contribution in [-0.4, -0.2) is 52.9 Å². The van der Waals surface area contributed by atoms with E-state index in [2.05, 4.69) is 20.1 Å². The minimum Gasteiger partial charge on any atom is -0.368 e. The number of nitrogens with zero attached hydrogens (tertiary/aromatic N) is 4. The highest BCUT2D eigenvalue weighted by atomic mass is 35.5. The fourth-order valence-corrected chi connectivity index (χ4v) is 4.11. The van der Waals surface area contributed by atoms with Crippen molar-refractivity contribution in [2.24, 2.45) is 0 Å². The van der Waals surface area contributed by atoms with E-state index in [4.69, 9.17) is 11.6 Å². The number of fused-ring (bicyclic) bond motifs is 1. The fourth-order valence-electron chi connectivity index (χ4n) is 3.92. The van der Waals surface area contributed by atoms with Gasteiger partial charge in [-0.25, -0.2) is 0 Å². The highest BCUT2D eigenvalue weighted by Gasteiger charge is 2.27. The summed E-state index contributed by atoms with van der Waals surface area (Å²) in [5.41, 5.74) is 1.67. The van der Waals surface area contributed by atoms with Crippen LogP contribution in [0.25, 0.3) is 10.8 Å². The van der Waals surface area contributed by atoms with E-state index >= 15 is 0 Å². The maximum atomic E-state index is 12.7. The predicted molar refractivity (Wildman–Crippen MR) is 122 cm³/mol. The molecule has 1 amide bonds. The van der Waals surface area contributed by atoms with Crippen LogP contribution in [0.15, 0.2) is 54.9 Å². The molecular formula is C22H22ClN5O3. The highest BCUT2D eigenvalue weighted by molar-refractivity contribution is 6.30. The summed E-state index contributed by atoms with van der Waals surface area (Å²) in [7, 11) is 0. The maximum absolute atomic E-state index is 12.7. The molecule has 3 aromatic rings. The second-order valence-corrected chi connectivity index (χ2v) is 7.92. The molecule has 1 saturated heterocycles. The van der Waals surface area contributed by atoms with E-state index in [0.717, 1.165) is 11.1 Å². The normalized spacial score (nSPS) is 15.6. The molecule has 1 fully saturated rings. The Morgan fingerprint density at radius 2 is 1.94 bits per heavy atom. The first kappa shape index (κ1) is 21.0. The van der Waals surface area contributed by atoms with Crippen molar-refractivity contribution in [3.8, 4) is 0 Å². The highest BCUT2D eigenvalue weighted by Crippen LogP contribution is 2.33. The van der Waals surface area contributed by atoms with Crippen molar-refractivity contribution < 1.29 is 9.72 Å². The van der Waals surface area contributed by atoms with Crippen LogP contribution in [0.1, 0.15) is 6.92 Å². The zero-order valence-corrected chi connectivity index (χ0v) is 17.7. The number of benzene rings is 2. The van der Waals surface area contributed by atoms with Gasteiger partial charge in [0.1, 0.15) is 0 Å². The summed E-state index contributed by atoms with van der Waals surface area (Å²) in [6.45, 7) is 4.72. The number of aromatic nitrogens is 1. The van der Waals surface area contributed by atoms with Crippen LogP contribution in [0, 0.1) is 10.1 Å². The minimum absolute atomic E-state index is 0.0526. The molecule has 2 aromatic carbocycles. The third kappa shape index (κ3) is 4.45. The van der Waals surface area contributed by atoms with Crippen LogP contribution in [0.4, 0.5) is 17.1 Å². The Labute approximate surface area is 184 Å². The average Bonchev–Trinajstić information content (AvgIpc) is 2.78. The number of nitro groups is 1. The quantitative estimate of drug-likeness (QED) is 0.478. The first-order valence-corrected chi connectivity index (χ1v) is 10.4. The summed E-state index contributed by atoms with van der Waals surface area (Å²) < 4.78 is 0. The monoisotopic (exact) mass is 439 g/mol. The van der Waals surface area contributed by atoms with Crippen molar-refractivity contribution in [3.63, 3.8) is 0 Å². The number of halogens is 1. The SMILES string of the molecule is C[C@@H](C(=O)Nc1cccc(Cl)c1)N1CCN(c2ccc([N+](=O)[O-])c3cnccc23)CC1. The smallest absolute Gasteiger partial charge is 0.278 e. The number of hydrogen-bond acceptors (Lipinski definition) is 6. The van der Waals surface area contributed by atoms with E-state index in [0.29, 0.717) is 42.3 Å². The van der Waals surface area contributed by atoms with E-state index in [1.165, 1.54) is 12.3 Å². The number of piperazine rings is 1. The molecule has 0 radical (unpaired) electrons. The Bertz CT molecular complexity index is 1130. The Morgan fingerprint density at radius 3 is 2.65 bits per heavy atom. The van der Waals surface area contributed by atoms with E-state index in [-0.39, 0.29) is 22.6 Å². The van der Waals surface area contributed by atoms with Crippen molar-refractivity contribution in [3.05, 3.63) is 70.0 Å². The van der Waals surface area contributed by atoms with E-state index in [1.54, 1.807) is 30.5 Å². The Hall–Kier alpha value is -3.23. The number of non-ortho nitro benzene ring substituents is 1. The molecule has 0 aliphatic carbocycles. The number of nitrogens with one attached hydrogen (secondary N) is 1. The standard InChI is InChI=1S/C22H22ClN5O3/c1-15(22(29)25-17-4-2-3-16(23)13-17)26-9-11-27(12-10-26)20-5-6-21(28(30)31)19-14-24-8-7-18(19)20/h2-8,13-15H,9-12H2,1H3,(H,25,29)/t15-/m0/s1. The molecule has 2 heterocycles. The Morgan fingerprint density at radius 1 is 1.16 bits per heavy atom. The van der Waals surface area contributed by atoms with E-state index < -0.39 is 0 Å². The van der Waals surface area contributed by atoms with Crippen LogP contribution in [0.5, 0.6) is 0 Å². The molecule has 1 aromatic heterocycles. The summed E-state index contributed by atoms with van der Waals surface area (Å²) in [6.07, 6.45) is 3.18. The fraction of sp³-hybridized carbons (Fsp3) is 0.273. The molecule has 1 aliphatic rings. The molecule has 0 spiro atoms. The molecule has 0 saturated carbocycles. The van der Waals surface area contributed by atoms with Crippen LogP contribution in [0.2, 0.25) is 5.02 Å².